The number of Topliss-reactive ketones (excluding diaryl/α,β-unsaturated/α-hetero) is 1. The third-order valence-electron chi connectivity index (χ3n) is 15.4. The van der Waals surface area contributed by atoms with Gasteiger partial charge < -0.3 is 43.4 Å². The lowest BCUT2D eigenvalue weighted by atomic mass is 9.41. The molecule has 15 nitrogen and oxygen atoms in total. The van der Waals surface area contributed by atoms with Crippen LogP contribution >= 0.6 is 0 Å². The number of carbonyl (C=O) groups is 6. The summed E-state index contributed by atoms with van der Waals surface area (Å²) in [4.78, 5) is 81.3. The Labute approximate surface area is 307 Å². The van der Waals surface area contributed by atoms with Crippen molar-refractivity contribution in [2.45, 2.75) is 136 Å². The van der Waals surface area contributed by atoms with Gasteiger partial charge in [-0.1, -0.05) is 34.6 Å². The molecule has 0 amide bonds. The highest BCUT2D eigenvalue weighted by atomic mass is 16.8. The molecule has 0 unspecified atom stereocenters. The first-order valence-corrected chi connectivity index (χ1v) is 18.8. The van der Waals surface area contributed by atoms with Crippen LogP contribution in [0.2, 0.25) is 0 Å². The predicted octanol–water partition coefficient (Wildman–Crippen LogP) is 1.26. The number of hydrogen-bond acceptors (Lipinski definition) is 15. The minimum Gasteiger partial charge on any atom is -0.459 e. The van der Waals surface area contributed by atoms with Gasteiger partial charge in [-0.25, -0.2) is 4.79 Å². The maximum atomic E-state index is 15.1. The largest absolute Gasteiger partial charge is 0.459 e. The van der Waals surface area contributed by atoms with Gasteiger partial charge in [0.05, 0.1) is 23.5 Å². The van der Waals surface area contributed by atoms with Crippen LogP contribution in [0.5, 0.6) is 0 Å². The Balaban J connectivity index is 1.41. The van der Waals surface area contributed by atoms with E-state index in [0.717, 1.165) is 0 Å². The standard InChI is InChI=1S/C38H50O15/c1-12(2)32(44)51-27-19-21-25(43)23-20(13(3)29-38(52-29)36(23,9)37(10,46)33(45)53-38)35(21,8)31(49-16(6)41)28(47-14(4)39)22(19)34(7)17(24(27)42)11-18-26(50-18)30(34)48-15(5)40/h12-13,17-23,25-31,43,46H,11H2,1-10H3/t13-,17+,18-,19-,20-,21+,22+,23-,25+,26-,27+,28-,29+,30-,31-,34-,35+,36-,37+,38-/m0/s1. The number of rotatable bonds is 5. The molecular formula is C38H50O15. The van der Waals surface area contributed by atoms with Crippen LogP contribution in [0.15, 0.2) is 0 Å². The highest BCUT2D eigenvalue weighted by Gasteiger charge is 2.93. The summed E-state index contributed by atoms with van der Waals surface area (Å²) in [6, 6.07) is 0. The van der Waals surface area contributed by atoms with Gasteiger partial charge in [0.1, 0.15) is 30.5 Å². The quantitative estimate of drug-likeness (QED) is 0.230. The zero-order valence-corrected chi connectivity index (χ0v) is 31.6. The molecule has 0 radical (unpaired) electrons. The molecule has 8 rings (SSSR count). The summed E-state index contributed by atoms with van der Waals surface area (Å²) in [5, 5.41) is 25.1. The van der Waals surface area contributed by atoms with E-state index in [9.17, 15) is 34.2 Å². The van der Waals surface area contributed by atoms with Crippen LogP contribution in [0, 0.1) is 63.6 Å². The van der Waals surface area contributed by atoms with Crippen LogP contribution in [-0.4, -0.2) is 106 Å². The molecule has 3 heterocycles. The molecule has 8 aliphatic rings. The van der Waals surface area contributed by atoms with Crippen LogP contribution in [0.25, 0.3) is 0 Å². The molecular weight excluding hydrogens is 696 g/mol. The number of fused-ring (bicyclic) bond motifs is 9. The van der Waals surface area contributed by atoms with Gasteiger partial charge in [0.25, 0.3) is 0 Å². The molecule has 0 aromatic carbocycles. The number of aliphatic hydroxyl groups excluding tert-OH is 1. The first-order chi connectivity index (χ1) is 24.5. The number of carbonyl (C=O) groups excluding carboxylic acids is 6. The van der Waals surface area contributed by atoms with E-state index in [1.165, 1.54) is 27.7 Å². The third kappa shape index (κ3) is 4.25. The normalized spacial score (nSPS) is 55.1. The second-order valence-corrected chi connectivity index (χ2v) is 18.1. The predicted molar refractivity (Wildman–Crippen MR) is 174 cm³/mol. The molecule has 53 heavy (non-hydrogen) atoms. The Morgan fingerprint density at radius 1 is 0.830 bits per heavy atom. The lowest BCUT2D eigenvalue weighted by molar-refractivity contribution is -0.275. The van der Waals surface area contributed by atoms with E-state index in [4.69, 9.17) is 33.2 Å². The molecule has 292 valence electrons. The van der Waals surface area contributed by atoms with E-state index < -0.39 is 159 Å². The fourth-order valence-electron chi connectivity index (χ4n) is 13.3. The molecule has 20 atom stereocenters. The summed E-state index contributed by atoms with van der Waals surface area (Å²) in [6.45, 7) is 15.4. The highest BCUT2D eigenvalue weighted by Crippen LogP contribution is 2.80. The maximum absolute atomic E-state index is 15.1. The van der Waals surface area contributed by atoms with Crippen LogP contribution in [0.3, 0.4) is 0 Å². The summed E-state index contributed by atoms with van der Waals surface area (Å²) >= 11 is 0. The lowest BCUT2D eigenvalue weighted by Gasteiger charge is -2.65. The van der Waals surface area contributed by atoms with Crippen LogP contribution in [0.1, 0.15) is 75.7 Å². The molecule has 1 spiro atoms. The molecule has 3 saturated heterocycles. The van der Waals surface area contributed by atoms with E-state index in [2.05, 4.69) is 0 Å². The average molecular weight is 747 g/mol. The van der Waals surface area contributed by atoms with Crippen molar-refractivity contribution in [2.75, 3.05) is 0 Å². The topological polar surface area (TPSA) is 214 Å². The average Bonchev–Trinajstić information content (AvgIpc) is 3.95. The van der Waals surface area contributed by atoms with Gasteiger partial charge in [0.2, 0.25) is 5.79 Å². The Morgan fingerprint density at radius 3 is 2.02 bits per heavy atom. The number of ether oxygens (including phenoxy) is 7. The smallest absolute Gasteiger partial charge is 0.341 e. The van der Waals surface area contributed by atoms with Gasteiger partial charge >= 0.3 is 29.8 Å². The molecule has 5 saturated carbocycles. The molecule has 5 aliphatic carbocycles. The van der Waals surface area contributed by atoms with Crippen LogP contribution < -0.4 is 0 Å². The molecule has 15 heteroatoms. The number of epoxide rings is 2. The van der Waals surface area contributed by atoms with Crippen LogP contribution in [0.4, 0.5) is 0 Å². The minimum absolute atomic E-state index is 0.205. The van der Waals surface area contributed by atoms with Crippen LogP contribution in [-0.2, 0) is 61.9 Å². The molecule has 2 N–H and O–H groups in total. The van der Waals surface area contributed by atoms with E-state index in [1.807, 2.05) is 6.92 Å². The molecule has 0 aromatic rings. The Bertz CT molecular complexity index is 1710. The van der Waals surface area contributed by atoms with E-state index >= 15 is 4.79 Å². The molecule has 8 fully saturated rings. The summed E-state index contributed by atoms with van der Waals surface area (Å²) < 4.78 is 42.8. The van der Waals surface area contributed by atoms with Gasteiger partial charge in [-0.15, -0.1) is 0 Å². The van der Waals surface area contributed by atoms with Gasteiger partial charge in [-0.2, -0.15) is 0 Å². The molecule has 0 aromatic heterocycles. The lowest BCUT2D eigenvalue weighted by Crippen LogP contribution is -2.75. The van der Waals surface area contributed by atoms with Crippen molar-refractivity contribution in [2.24, 2.45) is 63.6 Å². The number of esters is 5. The van der Waals surface area contributed by atoms with Crippen molar-refractivity contribution in [1.29, 1.82) is 0 Å². The molecule has 0 bridgehead atoms. The Kier molecular flexibility index (Phi) is 7.64. The first-order valence-electron chi connectivity index (χ1n) is 18.8. The summed E-state index contributed by atoms with van der Waals surface area (Å²) in [7, 11) is 0. The van der Waals surface area contributed by atoms with Crippen molar-refractivity contribution < 1.29 is 72.1 Å². The fourth-order valence-corrected chi connectivity index (χ4v) is 13.3. The van der Waals surface area contributed by atoms with Crippen molar-refractivity contribution in [3.05, 3.63) is 0 Å². The monoisotopic (exact) mass is 746 g/mol. The third-order valence-corrected chi connectivity index (χ3v) is 15.4. The zero-order chi connectivity index (χ0) is 38.9. The SMILES string of the molecule is CC(=O)O[C@H]1[C@H]2[C@H]([C@@H]3[C@@H](O)[C@@H]4[C@H]([C@H](C)[C@H]5O[C@]56OC(=O)[C@@](C)(O)[C@]46C)[C@@]3(C)[C@H]1OC(C)=O)[C@@H](OC(=O)C(C)C)C(=O)[C@H]1C[C@@H]3O[C@@H]3[C@H](OC(C)=O)[C@]21C. The van der Waals surface area contributed by atoms with Gasteiger partial charge in [0.15, 0.2) is 17.5 Å². The maximum Gasteiger partial charge on any atom is 0.341 e. The second-order valence-electron chi connectivity index (χ2n) is 18.1. The first kappa shape index (κ1) is 36.8. The van der Waals surface area contributed by atoms with Crippen molar-refractivity contribution in [1.82, 2.24) is 0 Å². The van der Waals surface area contributed by atoms with Crippen molar-refractivity contribution >= 4 is 35.6 Å². The van der Waals surface area contributed by atoms with E-state index in [1.54, 1.807) is 34.6 Å². The molecule has 3 aliphatic heterocycles. The van der Waals surface area contributed by atoms with Gasteiger partial charge in [0, 0.05) is 61.2 Å². The van der Waals surface area contributed by atoms with Crippen molar-refractivity contribution in [3.63, 3.8) is 0 Å². The number of hydrogen-bond donors (Lipinski definition) is 2. The summed E-state index contributed by atoms with van der Waals surface area (Å²) in [5.74, 6) is -12.5. The van der Waals surface area contributed by atoms with E-state index in [-0.39, 0.29) is 6.42 Å². The summed E-state index contributed by atoms with van der Waals surface area (Å²) in [5.41, 5.74) is -6.41. The van der Waals surface area contributed by atoms with Crippen molar-refractivity contribution in [3.8, 4) is 0 Å². The Morgan fingerprint density at radius 2 is 1.43 bits per heavy atom. The van der Waals surface area contributed by atoms with Gasteiger partial charge in [-0.05, 0) is 32.1 Å². The minimum atomic E-state index is -2.15. The second kappa shape index (κ2) is 11.0. The Hall–Kier alpha value is -3.14. The highest BCUT2D eigenvalue weighted by molar-refractivity contribution is 5.91. The number of ketones is 1. The number of aliphatic hydroxyl groups is 2. The zero-order valence-electron chi connectivity index (χ0n) is 31.6. The fraction of sp³-hybridized carbons (Fsp3) is 0.842. The van der Waals surface area contributed by atoms with Gasteiger partial charge in [-0.3, -0.25) is 24.0 Å². The summed E-state index contributed by atoms with van der Waals surface area (Å²) in [6.07, 6.45) is -8.04. The van der Waals surface area contributed by atoms with E-state index in [0.29, 0.717) is 0 Å².